The number of carbonyl (C=O) groups is 2. The first-order valence-electron chi connectivity index (χ1n) is 20.3. The summed E-state index contributed by atoms with van der Waals surface area (Å²) in [4.78, 5) is 41.6. The molecule has 2 bridgehead atoms. The fourth-order valence-electron chi connectivity index (χ4n) is 8.64. The first-order valence-corrected chi connectivity index (χ1v) is 20.3. The molecule has 8 rings (SSSR count). The van der Waals surface area contributed by atoms with Crippen LogP contribution in [-0.4, -0.2) is 100 Å². The van der Waals surface area contributed by atoms with Crippen LogP contribution in [0.1, 0.15) is 58.4 Å². The maximum atomic E-state index is 17.0. The molecule has 0 saturated carbocycles. The van der Waals surface area contributed by atoms with Crippen LogP contribution in [0.5, 0.6) is 11.8 Å². The molecule has 4 aromatic carbocycles. The summed E-state index contributed by atoms with van der Waals surface area (Å²) in [5.41, 5.74) is 1.31. The van der Waals surface area contributed by atoms with Gasteiger partial charge >= 0.3 is 18.2 Å². The number of phenolic OH excluding ortho intramolecular Hbond substituents is 1. The molecular formula is C45H51FN6O6. The molecule has 13 heteroatoms. The number of fused-ring (bicyclic) bond motifs is 4. The number of benzene rings is 4. The highest BCUT2D eigenvalue weighted by Crippen LogP contribution is 2.40. The van der Waals surface area contributed by atoms with Gasteiger partial charge in [0.2, 0.25) is 0 Å². The normalized spacial score (nSPS) is 19.5. The summed E-state index contributed by atoms with van der Waals surface area (Å²) in [6, 6.07) is 24.0. The molecule has 3 atom stereocenters. The zero-order valence-electron chi connectivity index (χ0n) is 33.3. The van der Waals surface area contributed by atoms with Gasteiger partial charge < -0.3 is 29.5 Å². The van der Waals surface area contributed by atoms with E-state index >= 15 is 4.39 Å². The highest BCUT2D eigenvalue weighted by Gasteiger charge is 2.45. The van der Waals surface area contributed by atoms with E-state index in [4.69, 9.17) is 24.2 Å². The standard InChI is InChI=1S/C45H51FN6O6/c1-45(2,3)58-44(55)52-31-16-17-32(52)26-51(25-31)41-37-19-18-36(38-24-34(53)23-30-13-7-8-15-35(30)38)39(46)40(37)48-42(49-41)56-28-33-14-9-21-50(33)22-10-20-47-43(54)57-27-29-11-5-4-6-12-29/h4-8,11-13,15,18-19,23-24,31-33,53H,9-10,14,16-17,20-22,25-28H2,1-3H3,(H,47,54)/t31?,32?,33-/m0/s1. The van der Waals surface area contributed by atoms with Crippen LogP contribution in [0.15, 0.2) is 78.9 Å². The molecule has 5 aromatic rings. The maximum Gasteiger partial charge on any atom is 0.410 e. The number of hydrogen-bond donors (Lipinski definition) is 2. The summed E-state index contributed by atoms with van der Waals surface area (Å²) in [6.07, 6.45) is 3.57. The Labute approximate surface area is 337 Å². The van der Waals surface area contributed by atoms with E-state index in [1.54, 1.807) is 18.2 Å². The molecule has 4 heterocycles. The third kappa shape index (κ3) is 8.59. The van der Waals surface area contributed by atoms with Crippen LogP contribution in [0, 0.1) is 5.82 Å². The Hall–Kier alpha value is -5.69. The molecular weight excluding hydrogens is 740 g/mol. The predicted octanol–water partition coefficient (Wildman–Crippen LogP) is 8.04. The first kappa shape index (κ1) is 39.2. The second kappa shape index (κ2) is 16.7. The van der Waals surface area contributed by atoms with Gasteiger partial charge in [0, 0.05) is 43.2 Å². The van der Waals surface area contributed by atoms with Crippen molar-refractivity contribution in [2.75, 3.05) is 44.2 Å². The fourth-order valence-corrected chi connectivity index (χ4v) is 8.64. The number of anilines is 1. The Balaban J connectivity index is 1.02. The van der Waals surface area contributed by atoms with Gasteiger partial charge in [0.25, 0.3) is 0 Å². The number of nitrogens with zero attached hydrogens (tertiary/aromatic N) is 5. The molecule has 3 saturated heterocycles. The molecule has 3 fully saturated rings. The lowest BCUT2D eigenvalue weighted by Gasteiger charge is -2.42. The van der Waals surface area contributed by atoms with Gasteiger partial charge in [-0.15, -0.1) is 0 Å². The van der Waals surface area contributed by atoms with Crippen LogP contribution < -0.4 is 15.0 Å². The number of amides is 2. The molecule has 0 aliphatic carbocycles. The van der Waals surface area contributed by atoms with E-state index in [-0.39, 0.29) is 48.1 Å². The van der Waals surface area contributed by atoms with Gasteiger partial charge in [-0.2, -0.15) is 9.97 Å². The highest BCUT2D eigenvalue weighted by molar-refractivity contribution is 6.01. The Bertz CT molecular complexity index is 2270. The number of rotatable bonds is 11. The van der Waals surface area contributed by atoms with E-state index < -0.39 is 17.5 Å². The van der Waals surface area contributed by atoms with Gasteiger partial charge in [0.05, 0.1) is 12.1 Å². The van der Waals surface area contributed by atoms with Crippen molar-refractivity contribution in [2.24, 2.45) is 0 Å². The Morgan fingerprint density at radius 2 is 1.67 bits per heavy atom. The number of nitrogens with one attached hydrogen (secondary N) is 1. The number of aromatic nitrogens is 2. The topological polar surface area (TPSA) is 130 Å². The molecule has 2 unspecified atom stereocenters. The van der Waals surface area contributed by atoms with Gasteiger partial charge in [-0.3, -0.25) is 9.80 Å². The summed E-state index contributed by atoms with van der Waals surface area (Å²) < 4.78 is 34.5. The molecule has 2 amide bonds. The van der Waals surface area contributed by atoms with Crippen molar-refractivity contribution in [1.29, 1.82) is 0 Å². The number of piperazine rings is 1. The zero-order chi connectivity index (χ0) is 40.4. The number of ether oxygens (including phenoxy) is 3. The van der Waals surface area contributed by atoms with Gasteiger partial charge in [0.15, 0.2) is 5.82 Å². The van der Waals surface area contributed by atoms with Crippen molar-refractivity contribution in [3.63, 3.8) is 0 Å². The molecule has 1 aromatic heterocycles. The van der Waals surface area contributed by atoms with Crippen molar-refractivity contribution in [3.05, 3.63) is 90.2 Å². The fraction of sp³-hybridized carbons (Fsp3) is 0.422. The largest absolute Gasteiger partial charge is 0.508 e. The number of aromatic hydroxyl groups is 1. The Morgan fingerprint density at radius 3 is 2.45 bits per heavy atom. The zero-order valence-corrected chi connectivity index (χ0v) is 33.3. The van der Waals surface area contributed by atoms with E-state index in [0.717, 1.165) is 61.5 Å². The molecule has 3 aliphatic heterocycles. The molecule has 304 valence electrons. The van der Waals surface area contributed by atoms with Crippen LogP contribution in [0.3, 0.4) is 0 Å². The van der Waals surface area contributed by atoms with Crippen molar-refractivity contribution in [1.82, 2.24) is 25.1 Å². The van der Waals surface area contributed by atoms with Crippen LogP contribution in [0.4, 0.5) is 19.8 Å². The van der Waals surface area contributed by atoms with Crippen molar-refractivity contribution < 1.29 is 33.3 Å². The monoisotopic (exact) mass is 790 g/mol. The molecule has 12 nitrogen and oxygen atoms in total. The van der Waals surface area contributed by atoms with Gasteiger partial charge in [-0.05, 0) is 99.5 Å². The van der Waals surface area contributed by atoms with Crippen LogP contribution in [0.2, 0.25) is 0 Å². The average Bonchev–Trinajstić information content (AvgIpc) is 3.77. The lowest BCUT2D eigenvalue weighted by Crippen LogP contribution is -2.57. The summed E-state index contributed by atoms with van der Waals surface area (Å²) in [5, 5.41) is 15.6. The van der Waals surface area contributed by atoms with Crippen LogP contribution in [-0.2, 0) is 16.1 Å². The van der Waals surface area contributed by atoms with Crippen molar-refractivity contribution in [2.45, 2.75) is 83.2 Å². The van der Waals surface area contributed by atoms with Gasteiger partial charge in [-0.25, -0.2) is 14.0 Å². The van der Waals surface area contributed by atoms with Gasteiger partial charge in [0.1, 0.15) is 35.9 Å². The Kier molecular flexibility index (Phi) is 11.2. The third-order valence-electron chi connectivity index (χ3n) is 11.3. The number of hydrogen-bond acceptors (Lipinski definition) is 10. The molecule has 3 aliphatic rings. The van der Waals surface area contributed by atoms with E-state index in [2.05, 4.69) is 15.1 Å². The number of alkyl carbamates (subject to hydrolysis) is 1. The van der Waals surface area contributed by atoms with Crippen LogP contribution in [0.25, 0.3) is 32.8 Å². The number of halogens is 1. The SMILES string of the molecule is CC(C)(C)OC(=O)N1C2CCC1CN(c1nc(OC[C@@H]3CCCN3CCCNC(=O)OCc3ccccc3)nc3c(F)c(-c4cc(O)cc5ccccc45)ccc13)C2. The van der Waals surface area contributed by atoms with E-state index in [9.17, 15) is 14.7 Å². The predicted molar refractivity (Wildman–Crippen MR) is 221 cm³/mol. The number of carbonyl (C=O) groups excluding carboxylic acids is 2. The lowest BCUT2D eigenvalue weighted by atomic mass is 9.96. The second-order valence-electron chi connectivity index (χ2n) is 16.5. The molecule has 58 heavy (non-hydrogen) atoms. The average molecular weight is 791 g/mol. The smallest absolute Gasteiger partial charge is 0.410 e. The number of phenols is 1. The van der Waals surface area contributed by atoms with Crippen molar-refractivity contribution in [3.8, 4) is 22.9 Å². The van der Waals surface area contributed by atoms with Crippen molar-refractivity contribution >= 4 is 39.7 Å². The minimum Gasteiger partial charge on any atom is -0.508 e. The molecule has 0 spiro atoms. The van der Waals surface area contributed by atoms with E-state index in [0.29, 0.717) is 48.6 Å². The minimum absolute atomic E-state index is 0.0406. The summed E-state index contributed by atoms with van der Waals surface area (Å²) in [6.45, 7) is 9.30. The highest BCUT2D eigenvalue weighted by atomic mass is 19.1. The number of likely N-dealkylation sites (tertiary alicyclic amines) is 1. The van der Waals surface area contributed by atoms with E-state index in [1.807, 2.05) is 86.3 Å². The first-order chi connectivity index (χ1) is 28.0. The molecule has 2 N–H and O–H groups in total. The maximum absolute atomic E-state index is 17.0. The van der Waals surface area contributed by atoms with E-state index in [1.165, 1.54) is 0 Å². The van der Waals surface area contributed by atoms with Crippen LogP contribution >= 0.6 is 0 Å². The quantitative estimate of drug-likeness (QED) is 0.127. The Morgan fingerprint density at radius 1 is 0.914 bits per heavy atom. The summed E-state index contributed by atoms with van der Waals surface area (Å²) >= 11 is 0. The minimum atomic E-state index is -0.610. The summed E-state index contributed by atoms with van der Waals surface area (Å²) in [7, 11) is 0. The lowest BCUT2D eigenvalue weighted by molar-refractivity contribution is 0.0122. The van der Waals surface area contributed by atoms with Gasteiger partial charge in [-0.1, -0.05) is 60.7 Å². The molecule has 0 radical (unpaired) electrons. The third-order valence-corrected chi connectivity index (χ3v) is 11.3. The summed E-state index contributed by atoms with van der Waals surface area (Å²) in [5.74, 6) is 0.0636. The second-order valence-corrected chi connectivity index (χ2v) is 16.5.